The van der Waals surface area contributed by atoms with Gasteiger partial charge in [0, 0.05) is 12.4 Å². The van der Waals surface area contributed by atoms with Crippen molar-refractivity contribution in [2.75, 3.05) is 0 Å². The van der Waals surface area contributed by atoms with Gasteiger partial charge >= 0.3 is 0 Å². The normalized spacial score (nSPS) is 8.22. The van der Waals surface area contributed by atoms with Crippen molar-refractivity contribution >= 4 is 11.0 Å². The van der Waals surface area contributed by atoms with Gasteiger partial charge in [-0.15, -0.1) is 0 Å². The molecule has 2 rings (SSSR count). The average molecular weight is 248 g/mol. The summed E-state index contributed by atoms with van der Waals surface area (Å²) in [6.07, 6.45) is 3.39. The van der Waals surface area contributed by atoms with Gasteiger partial charge in [0.1, 0.15) is 0 Å². The van der Waals surface area contributed by atoms with E-state index in [1.807, 2.05) is 52.0 Å². The van der Waals surface area contributed by atoms with E-state index in [0.29, 0.717) is 0 Å². The third kappa shape index (κ3) is 9.76. The summed E-state index contributed by atoms with van der Waals surface area (Å²) in [6.45, 7) is 14.5. The predicted octanol–water partition coefficient (Wildman–Crippen LogP) is 5.34. The van der Waals surface area contributed by atoms with Crippen molar-refractivity contribution in [2.24, 2.45) is 5.92 Å². The number of aromatic nitrogens is 2. The third-order valence-electron chi connectivity index (χ3n) is 1.38. The Hall–Kier alpha value is -1.44. The van der Waals surface area contributed by atoms with Gasteiger partial charge in [-0.1, -0.05) is 60.6 Å². The van der Waals surface area contributed by atoms with E-state index in [4.69, 9.17) is 0 Å². The first-order valence-electron chi connectivity index (χ1n) is 6.86. The van der Waals surface area contributed by atoms with Gasteiger partial charge in [-0.2, -0.15) is 0 Å². The molecule has 1 heterocycles. The number of hydrogen-bond donors (Lipinski definition) is 0. The van der Waals surface area contributed by atoms with Gasteiger partial charge in [-0.25, -0.2) is 0 Å². The minimum Gasteiger partial charge on any atom is -0.253 e. The molecule has 0 amide bonds. The maximum Gasteiger partial charge on any atom is 0.0886 e. The lowest BCUT2D eigenvalue weighted by Gasteiger charge is -1.90. The second kappa shape index (κ2) is 13.6. The molecule has 0 bridgehead atoms. The SMILES string of the molecule is CC.CC.CC(C)C.c1ccc2nccnc2c1. The van der Waals surface area contributed by atoms with E-state index in [0.717, 1.165) is 17.0 Å². The van der Waals surface area contributed by atoms with E-state index in [1.165, 1.54) is 0 Å². The van der Waals surface area contributed by atoms with Crippen molar-refractivity contribution in [3.05, 3.63) is 36.7 Å². The Morgan fingerprint density at radius 3 is 1.28 bits per heavy atom. The van der Waals surface area contributed by atoms with E-state index in [1.54, 1.807) is 12.4 Å². The van der Waals surface area contributed by atoms with Crippen molar-refractivity contribution in [3.63, 3.8) is 0 Å². The summed E-state index contributed by atoms with van der Waals surface area (Å²) in [7, 11) is 0. The molecule has 0 saturated carbocycles. The zero-order valence-electron chi connectivity index (χ0n) is 12.9. The first kappa shape index (κ1) is 18.9. The van der Waals surface area contributed by atoms with Crippen LogP contribution in [0.3, 0.4) is 0 Å². The molecule has 0 aliphatic heterocycles. The topological polar surface area (TPSA) is 25.8 Å². The highest BCUT2D eigenvalue weighted by molar-refractivity contribution is 5.72. The molecule has 0 spiro atoms. The molecule has 2 heteroatoms. The van der Waals surface area contributed by atoms with E-state index in [2.05, 4.69) is 30.7 Å². The Balaban J connectivity index is 0. The first-order valence-corrected chi connectivity index (χ1v) is 6.86. The summed E-state index contributed by atoms with van der Waals surface area (Å²) in [4.78, 5) is 8.24. The van der Waals surface area contributed by atoms with Crippen molar-refractivity contribution < 1.29 is 0 Å². The highest BCUT2D eigenvalue weighted by Gasteiger charge is 1.88. The van der Waals surface area contributed by atoms with Crippen LogP contribution in [-0.2, 0) is 0 Å². The van der Waals surface area contributed by atoms with E-state index in [-0.39, 0.29) is 0 Å². The molecule has 0 unspecified atom stereocenters. The molecule has 0 aliphatic carbocycles. The zero-order valence-corrected chi connectivity index (χ0v) is 12.9. The second-order valence-corrected chi connectivity index (χ2v) is 3.78. The minimum atomic E-state index is 0.833. The van der Waals surface area contributed by atoms with Crippen LogP contribution in [0.5, 0.6) is 0 Å². The fourth-order valence-corrected chi connectivity index (χ4v) is 0.910. The molecule has 0 radical (unpaired) electrons. The molecular formula is C16H28N2. The Labute approximate surface area is 112 Å². The lowest BCUT2D eigenvalue weighted by molar-refractivity contribution is 0.737. The number of rotatable bonds is 0. The van der Waals surface area contributed by atoms with Crippen molar-refractivity contribution in [1.82, 2.24) is 9.97 Å². The number of hydrogen-bond acceptors (Lipinski definition) is 2. The molecule has 0 saturated heterocycles. The number of benzene rings is 1. The van der Waals surface area contributed by atoms with Crippen molar-refractivity contribution in [1.29, 1.82) is 0 Å². The summed E-state index contributed by atoms with van der Waals surface area (Å²) in [5.41, 5.74) is 1.90. The highest BCUT2D eigenvalue weighted by Crippen LogP contribution is 2.04. The monoisotopic (exact) mass is 248 g/mol. The zero-order chi connectivity index (χ0) is 14.4. The van der Waals surface area contributed by atoms with E-state index in [9.17, 15) is 0 Å². The Bertz CT molecular complexity index is 315. The third-order valence-corrected chi connectivity index (χ3v) is 1.38. The standard InChI is InChI=1S/C8H6N2.C4H10.2C2H6/c1-2-4-8-7(3-1)9-5-6-10-8;1-4(2)3;2*1-2/h1-6H;4H,1-3H3;2*1-2H3. The Kier molecular flexibility index (Phi) is 14.3. The van der Waals surface area contributed by atoms with Crippen LogP contribution in [0.1, 0.15) is 48.5 Å². The highest BCUT2D eigenvalue weighted by atomic mass is 14.8. The minimum absolute atomic E-state index is 0.833. The van der Waals surface area contributed by atoms with Crippen LogP contribution in [-0.4, -0.2) is 9.97 Å². The van der Waals surface area contributed by atoms with Gasteiger partial charge < -0.3 is 0 Å². The molecule has 102 valence electrons. The lowest BCUT2D eigenvalue weighted by atomic mass is 10.3. The summed E-state index contributed by atoms with van der Waals surface area (Å²) in [6, 6.07) is 7.80. The van der Waals surface area contributed by atoms with Crippen LogP contribution in [0, 0.1) is 5.92 Å². The number of fused-ring (bicyclic) bond motifs is 1. The number of nitrogens with zero attached hydrogens (tertiary/aromatic N) is 2. The van der Waals surface area contributed by atoms with Gasteiger partial charge in [-0.05, 0) is 18.1 Å². The largest absolute Gasteiger partial charge is 0.253 e. The molecule has 0 N–H and O–H groups in total. The lowest BCUT2D eigenvalue weighted by Crippen LogP contribution is -1.78. The van der Waals surface area contributed by atoms with Gasteiger partial charge in [0.2, 0.25) is 0 Å². The maximum absolute atomic E-state index is 4.12. The second-order valence-electron chi connectivity index (χ2n) is 3.78. The molecule has 1 aromatic carbocycles. The van der Waals surface area contributed by atoms with Crippen LogP contribution < -0.4 is 0 Å². The summed E-state index contributed by atoms with van der Waals surface area (Å²) in [5.74, 6) is 0.833. The fraction of sp³-hybridized carbons (Fsp3) is 0.500. The molecule has 0 fully saturated rings. The predicted molar refractivity (Wildman–Crippen MR) is 82.7 cm³/mol. The molecule has 0 aliphatic rings. The Morgan fingerprint density at radius 1 is 0.722 bits per heavy atom. The number of para-hydroxylation sites is 2. The van der Waals surface area contributed by atoms with Crippen LogP contribution in [0.15, 0.2) is 36.7 Å². The first-order chi connectivity index (χ1) is 8.70. The maximum atomic E-state index is 4.12. The summed E-state index contributed by atoms with van der Waals surface area (Å²) >= 11 is 0. The molecule has 1 aromatic heterocycles. The quantitative estimate of drug-likeness (QED) is 0.628. The molecule has 18 heavy (non-hydrogen) atoms. The average Bonchev–Trinajstić information content (AvgIpc) is 2.43. The van der Waals surface area contributed by atoms with Crippen LogP contribution >= 0.6 is 0 Å². The van der Waals surface area contributed by atoms with Gasteiger partial charge in [0.25, 0.3) is 0 Å². The van der Waals surface area contributed by atoms with Gasteiger partial charge in [0.15, 0.2) is 0 Å². The molecule has 0 atom stereocenters. The van der Waals surface area contributed by atoms with E-state index < -0.39 is 0 Å². The van der Waals surface area contributed by atoms with Crippen LogP contribution in [0.25, 0.3) is 11.0 Å². The fourth-order valence-electron chi connectivity index (χ4n) is 0.910. The van der Waals surface area contributed by atoms with Gasteiger partial charge in [0.05, 0.1) is 11.0 Å². The van der Waals surface area contributed by atoms with Crippen LogP contribution in [0.2, 0.25) is 0 Å². The molecule has 2 aromatic rings. The van der Waals surface area contributed by atoms with Crippen molar-refractivity contribution in [3.8, 4) is 0 Å². The molecular weight excluding hydrogens is 220 g/mol. The summed E-state index contributed by atoms with van der Waals surface area (Å²) in [5, 5.41) is 0. The van der Waals surface area contributed by atoms with Gasteiger partial charge in [-0.3, -0.25) is 9.97 Å². The van der Waals surface area contributed by atoms with Crippen LogP contribution in [0.4, 0.5) is 0 Å². The smallest absolute Gasteiger partial charge is 0.0886 e. The van der Waals surface area contributed by atoms with E-state index >= 15 is 0 Å². The Morgan fingerprint density at radius 2 is 1.00 bits per heavy atom. The molecule has 2 nitrogen and oxygen atoms in total. The summed E-state index contributed by atoms with van der Waals surface area (Å²) < 4.78 is 0. The van der Waals surface area contributed by atoms with Crippen molar-refractivity contribution in [2.45, 2.75) is 48.5 Å².